The summed E-state index contributed by atoms with van der Waals surface area (Å²) in [5.74, 6) is -0.937. The third-order valence-corrected chi connectivity index (χ3v) is 2.95. The molecule has 0 aromatic heterocycles. The summed E-state index contributed by atoms with van der Waals surface area (Å²) in [5.41, 5.74) is 0.939. The summed E-state index contributed by atoms with van der Waals surface area (Å²) in [4.78, 5) is 11.3. The van der Waals surface area contributed by atoms with Gasteiger partial charge in [-0.05, 0) is 25.8 Å². The summed E-state index contributed by atoms with van der Waals surface area (Å²) >= 11 is 0. The minimum Gasteiger partial charge on any atom is -0.463 e. The second kappa shape index (κ2) is 5.47. The van der Waals surface area contributed by atoms with Gasteiger partial charge in [-0.2, -0.15) is 0 Å². The molecular weight excluding hydrogens is 220 g/mol. The summed E-state index contributed by atoms with van der Waals surface area (Å²) in [7, 11) is 0. The predicted molar refractivity (Wildman–Crippen MR) is 62.3 cm³/mol. The van der Waals surface area contributed by atoms with E-state index in [4.69, 9.17) is 14.2 Å². The number of hydrogen-bond acceptors (Lipinski definition) is 4. The summed E-state index contributed by atoms with van der Waals surface area (Å²) in [6, 6.07) is 0. The predicted octanol–water partition coefficient (Wildman–Crippen LogP) is 1.96. The van der Waals surface area contributed by atoms with Gasteiger partial charge in [0.2, 0.25) is 0 Å². The van der Waals surface area contributed by atoms with Crippen molar-refractivity contribution in [1.82, 2.24) is 0 Å². The highest BCUT2D eigenvalue weighted by atomic mass is 16.7. The first kappa shape index (κ1) is 12.3. The van der Waals surface area contributed by atoms with Crippen molar-refractivity contribution in [2.24, 2.45) is 0 Å². The normalized spacial score (nSPS) is 23.0. The van der Waals surface area contributed by atoms with E-state index in [2.05, 4.69) is 6.08 Å². The molecule has 1 aliphatic carbocycles. The second-order valence-electron chi connectivity index (χ2n) is 4.09. The van der Waals surface area contributed by atoms with Gasteiger partial charge in [-0.1, -0.05) is 6.08 Å². The van der Waals surface area contributed by atoms with Crippen LogP contribution >= 0.6 is 0 Å². The van der Waals surface area contributed by atoms with Gasteiger partial charge in [-0.25, -0.2) is 4.79 Å². The van der Waals surface area contributed by atoms with Crippen LogP contribution in [0.5, 0.6) is 0 Å². The first-order valence-electron chi connectivity index (χ1n) is 6.10. The minimum absolute atomic E-state index is 0.327. The van der Waals surface area contributed by atoms with E-state index in [1.165, 1.54) is 6.08 Å². The molecule has 0 N–H and O–H groups in total. The van der Waals surface area contributed by atoms with Crippen molar-refractivity contribution in [3.8, 4) is 0 Å². The van der Waals surface area contributed by atoms with Crippen LogP contribution < -0.4 is 0 Å². The number of carbonyl (C=O) groups excluding carboxylic acids is 1. The maximum absolute atomic E-state index is 11.3. The fraction of sp³-hybridized carbons (Fsp3) is 0.615. The Hall–Kier alpha value is -1.13. The van der Waals surface area contributed by atoms with E-state index in [-0.39, 0.29) is 5.97 Å². The molecule has 0 unspecified atom stereocenters. The van der Waals surface area contributed by atoms with Gasteiger partial charge < -0.3 is 14.2 Å². The lowest BCUT2D eigenvalue weighted by Crippen LogP contribution is -2.33. The molecule has 4 heteroatoms. The van der Waals surface area contributed by atoms with Gasteiger partial charge in [0.05, 0.1) is 19.8 Å². The van der Waals surface area contributed by atoms with Crippen molar-refractivity contribution in [2.75, 3.05) is 19.8 Å². The van der Waals surface area contributed by atoms with Crippen LogP contribution in [0.25, 0.3) is 0 Å². The molecule has 0 radical (unpaired) electrons. The monoisotopic (exact) mass is 238 g/mol. The summed E-state index contributed by atoms with van der Waals surface area (Å²) in [6.07, 6.45) is 8.17. The minimum atomic E-state index is -0.610. The Balaban J connectivity index is 2.07. The smallest absolute Gasteiger partial charge is 0.330 e. The molecular formula is C13H18O4. The Bertz CT molecular complexity index is 337. The molecule has 0 atom stereocenters. The average molecular weight is 238 g/mol. The largest absolute Gasteiger partial charge is 0.463 e. The van der Waals surface area contributed by atoms with Crippen LogP contribution in [0.3, 0.4) is 0 Å². The first-order chi connectivity index (χ1) is 8.27. The van der Waals surface area contributed by atoms with Gasteiger partial charge in [0.1, 0.15) is 0 Å². The molecule has 4 nitrogen and oxygen atoms in total. The molecule has 0 amide bonds. The number of rotatable bonds is 3. The highest BCUT2D eigenvalue weighted by Crippen LogP contribution is 2.37. The van der Waals surface area contributed by atoms with Crippen molar-refractivity contribution in [2.45, 2.75) is 32.0 Å². The number of ether oxygens (including phenoxy) is 3. The zero-order chi connectivity index (χ0) is 12.1. The third-order valence-electron chi connectivity index (χ3n) is 2.95. The van der Waals surface area contributed by atoms with Crippen molar-refractivity contribution in [3.63, 3.8) is 0 Å². The van der Waals surface area contributed by atoms with Gasteiger partial charge in [-0.15, -0.1) is 0 Å². The molecule has 17 heavy (non-hydrogen) atoms. The van der Waals surface area contributed by atoms with Gasteiger partial charge in [0.15, 0.2) is 5.79 Å². The maximum atomic E-state index is 11.3. The zero-order valence-corrected chi connectivity index (χ0v) is 10.1. The van der Waals surface area contributed by atoms with Crippen LogP contribution in [-0.4, -0.2) is 31.6 Å². The Kier molecular flexibility index (Phi) is 3.97. The second-order valence-corrected chi connectivity index (χ2v) is 4.09. The SMILES string of the molecule is CCOC(=O)/C=C/C1=CCCCC12OCCO2. The Morgan fingerprint density at radius 2 is 2.29 bits per heavy atom. The Labute approximate surface area is 101 Å². The number of esters is 1. The highest BCUT2D eigenvalue weighted by Gasteiger charge is 2.40. The summed E-state index contributed by atoms with van der Waals surface area (Å²) in [6.45, 7) is 3.41. The lowest BCUT2D eigenvalue weighted by molar-refractivity contribution is -0.137. The first-order valence-corrected chi connectivity index (χ1v) is 6.10. The van der Waals surface area contributed by atoms with Crippen LogP contribution in [-0.2, 0) is 19.0 Å². The number of allylic oxidation sites excluding steroid dienone is 1. The quantitative estimate of drug-likeness (QED) is 0.557. The molecule has 0 aromatic rings. The molecule has 0 saturated carbocycles. The summed E-state index contributed by atoms with van der Waals surface area (Å²) in [5, 5.41) is 0. The number of hydrogen-bond donors (Lipinski definition) is 0. The van der Waals surface area contributed by atoms with E-state index in [0.717, 1.165) is 24.8 Å². The molecule has 2 aliphatic rings. The maximum Gasteiger partial charge on any atom is 0.330 e. The molecule has 1 aliphatic heterocycles. The fourth-order valence-electron chi connectivity index (χ4n) is 2.20. The molecule has 0 bridgehead atoms. The average Bonchev–Trinajstić information content (AvgIpc) is 2.78. The summed E-state index contributed by atoms with van der Waals surface area (Å²) < 4.78 is 16.2. The van der Waals surface area contributed by atoms with Crippen molar-refractivity contribution in [3.05, 3.63) is 23.8 Å². The van der Waals surface area contributed by atoms with Crippen molar-refractivity contribution < 1.29 is 19.0 Å². The Morgan fingerprint density at radius 3 is 3.00 bits per heavy atom. The third kappa shape index (κ3) is 2.76. The molecule has 1 fully saturated rings. The van der Waals surface area contributed by atoms with Crippen LogP contribution in [0.2, 0.25) is 0 Å². The van der Waals surface area contributed by atoms with E-state index >= 15 is 0 Å². The van der Waals surface area contributed by atoms with Crippen molar-refractivity contribution >= 4 is 5.97 Å². The Morgan fingerprint density at radius 1 is 1.53 bits per heavy atom. The van der Waals surface area contributed by atoms with Crippen molar-refractivity contribution in [1.29, 1.82) is 0 Å². The van der Waals surface area contributed by atoms with Crippen LogP contribution in [0.4, 0.5) is 0 Å². The molecule has 0 aromatic carbocycles. The van der Waals surface area contributed by atoms with E-state index < -0.39 is 5.79 Å². The molecule has 1 spiro atoms. The van der Waals surface area contributed by atoms with Crippen LogP contribution in [0.1, 0.15) is 26.2 Å². The van der Waals surface area contributed by atoms with Crippen LogP contribution in [0, 0.1) is 0 Å². The fourth-order valence-corrected chi connectivity index (χ4v) is 2.20. The zero-order valence-electron chi connectivity index (χ0n) is 10.1. The lowest BCUT2D eigenvalue weighted by atomic mass is 9.92. The molecule has 2 rings (SSSR count). The van der Waals surface area contributed by atoms with Gasteiger partial charge in [-0.3, -0.25) is 0 Å². The van der Waals surface area contributed by atoms with E-state index in [0.29, 0.717) is 19.8 Å². The molecule has 1 saturated heterocycles. The standard InChI is InChI=1S/C13H18O4/c1-2-15-12(14)7-6-11-5-3-4-8-13(11)16-9-10-17-13/h5-7H,2-4,8-10H2,1H3/b7-6+. The van der Waals surface area contributed by atoms with E-state index in [1.807, 2.05) is 0 Å². The van der Waals surface area contributed by atoms with Gasteiger partial charge in [0, 0.05) is 18.1 Å². The number of carbonyl (C=O) groups is 1. The van der Waals surface area contributed by atoms with E-state index in [1.54, 1.807) is 13.0 Å². The molecule has 1 heterocycles. The highest BCUT2D eigenvalue weighted by molar-refractivity contribution is 5.82. The topological polar surface area (TPSA) is 44.8 Å². The van der Waals surface area contributed by atoms with E-state index in [9.17, 15) is 4.79 Å². The lowest BCUT2D eigenvalue weighted by Gasteiger charge is -2.31. The van der Waals surface area contributed by atoms with Crippen LogP contribution in [0.15, 0.2) is 23.8 Å². The molecule has 94 valence electrons. The van der Waals surface area contributed by atoms with Gasteiger partial charge in [0.25, 0.3) is 0 Å². The van der Waals surface area contributed by atoms with Gasteiger partial charge >= 0.3 is 5.97 Å².